The number of hydrogen-bond acceptors (Lipinski definition) is 1. The first-order chi connectivity index (χ1) is 10.6. The van der Waals surface area contributed by atoms with E-state index in [-0.39, 0.29) is 0 Å². The third kappa shape index (κ3) is 2.64. The van der Waals surface area contributed by atoms with Crippen LogP contribution in [-0.2, 0) is 0 Å². The molecule has 4 aliphatic rings. The summed E-state index contributed by atoms with van der Waals surface area (Å²) in [5.41, 5.74) is 1.56. The number of hydrogen-bond donors (Lipinski definition) is 2. The summed E-state index contributed by atoms with van der Waals surface area (Å²) in [5, 5.41) is 7.70. The molecule has 0 aliphatic heterocycles. The van der Waals surface area contributed by atoms with Gasteiger partial charge in [0.25, 0.3) is 0 Å². The van der Waals surface area contributed by atoms with Gasteiger partial charge in [0.05, 0.1) is 0 Å². The van der Waals surface area contributed by atoms with Crippen LogP contribution >= 0.6 is 12.2 Å². The molecule has 0 radical (unpaired) electrons. The van der Waals surface area contributed by atoms with E-state index in [0.29, 0.717) is 11.5 Å². The SMILES string of the molecule is CC(NC(=S)Nc1ccccc1)C12CC3CC(CC(C3)C1)C2. The van der Waals surface area contributed by atoms with E-state index in [1.165, 1.54) is 38.5 Å². The molecule has 2 N–H and O–H groups in total. The van der Waals surface area contributed by atoms with Gasteiger partial charge in [-0.2, -0.15) is 0 Å². The minimum atomic E-state index is 0.476. The molecule has 0 aromatic heterocycles. The van der Waals surface area contributed by atoms with Gasteiger partial charge in [0, 0.05) is 11.7 Å². The Hall–Kier alpha value is -1.09. The molecular weight excluding hydrogens is 288 g/mol. The van der Waals surface area contributed by atoms with Gasteiger partial charge in [-0.05, 0) is 93.0 Å². The van der Waals surface area contributed by atoms with Gasteiger partial charge < -0.3 is 10.6 Å². The zero-order valence-corrected chi connectivity index (χ0v) is 14.2. The molecule has 0 heterocycles. The van der Waals surface area contributed by atoms with Crippen LogP contribution in [0.25, 0.3) is 0 Å². The Morgan fingerprint density at radius 1 is 1.05 bits per heavy atom. The molecule has 3 heteroatoms. The lowest BCUT2D eigenvalue weighted by molar-refractivity contribution is -0.0671. The van der Waals surface area contributed by atoms with Gasteiger partial charge in [0.1, 0.15) is 0 Å². The van der Waals surface area contributed by atoms with Crippen LogP contribution in [0.5, 0.6) is 0 Å². The number of nitrogens with one attached hydrogen (secondary N) is 2. The van der Waals surface area contributed by atoms with E-state index in [1.807, 2.05) is 18.2 Å². The Balaban J connectivity index is 1.41. The van der Waals surface area contributed by atoms with Crippen LogP contribution in [0.3, 0.4) is 0 Å². The highest BCUT2D eigenvalue weighted by molar-refractivity contribution is 7.80. The van der Waals surface area contributed by atoms with Gasteiger partial charge >= 0.3 is 0 Å². The molecule has 4 fully saturated rings. The number of thiocarbonyl (C=S) groups is 1. The van der Waals surface area contributed by atoms with E-state index in [2.05, 4.69) is 29.7 Å². The molecule has 0 spiro atoms. The fraction of sp³-hybridized carbons (Fsp3) is 0.632. The average Bonchev–Trinajstić information content (AvgIpc) is 2.46. The van der Waals surface area contributed by atoms with Crippen LogP contribution in [-0.4, -0.2) is 11.2 Å². The second-order valence-electron chi connectivity index (χ2n) is 7.97. The van der Waals surface area contributed by atoms with Gasteiger partial charge in [-0.3, -0.25) is 0 Å². The van der Waals surface area contributed by atoms with Crippen LogP contribution in [0, 0.1) is 23.2 Å². The maximum absolute atomic E-state index is 5.55. The third-order valence-corrected chi connectivity index (χ3v) is 6.60. The van der Waals surface area contributed by atoms with Gasteiger partial charge in [-0.1, -0.05) is 18.2 Å². The van der Waals surface area contributed by atoms with E-state index in [9.17, 15) is 0 Å². The first-order valence-corrected chi connectivity index (χ1v) is 9.16. The molecule has 1 aromatic rings. The Bertz CT molecular complexity index is 519. The molecule has 0 saturated heterocycles. The van der Waals surface area contributed by atoms with Gasteiger partial charge in [0.15, 0.2) is 5.11 Å². The molecule has 22 heavy (non-hydrogen) atoms. The number of anilines is 1. The Morgan fingerprint density at radius 2 is 1.59 bits per heavy atom. The van der Waals surface area contributed by atoms with Crippen molar-refractivity contribution in [3.05, 3.63) is 30.3 Å². The molecule has 0 amide bonds. The molecule has 5 rings (SSSR count). The summed E-state index contributed by atoms with van der Waals surface area (Å²) in [4.78, 5) is 0. The minimum absolute atomic E-state index is 0.476. The van der Waals surface area contributed by atoms with Gasteiger partial charge in [0.2, 0.25) is 0 Å². The fourth-order valence-corrected chi connectivity index (χ4v) is 6.04. The molecule has 1 unspecified atom stereocenters. The fourth-order valence-electron chi connectivity index (χ4n) is 5.75. The van der Waals surface area contributed by atoms with Crippen LogP contribution in [0.15, 0.2) is 30.3 Å². The van der Waals surface area contributed by atoms with Crippen molar-refractivity contribution in [2.24, 2.45) is 23.2 Å². The molecule has 2 nitrogen and oxygen atoms in total. The normalized spacial score (nSPS) is 36.9. The van der Waals surface area contributed by atoms with Crippen LogP contribution < -0.4 is 10.6 Å². The van der Waals surface area contributed by atoms with E-state index in [0.717, 1.165) is 28.6 Å². The summed E-state index contributed by atoms with van der Waals surface area (Å²) in [6.07, 6.45) is 8.75. The average molecular weight is 314 g/mol. The van der Waals surface area contributed by atoms with Gasteiger partial charge in [-0.25, -0.2) is 0 Å². The van der Waals surface area contributed by atoms with E-state index in [4.69, 9.17) is 12.2 Å². The summed E-state index contributed by atoms with van der Waals surface area (Å²) < 4.78 is 0. The maximum Gasteiger partial charge on any atom is 0.171 e. The molecule has 4 aliphatic carbocycles. The molecule has 4 bridgehead atoms. The topological polar surface area (TPSA) is 24.1 Å². The summed E-state index contributed by atoms with van der Waals surface area (Å²) >= 11 is 5.55. The summed E-state index contributed by atoms with van der Waals surface area (Å²) in [6.45, 7) is 2.35. The number of para-hydroxylation sites is 1. The zero-order valence-electron chi connectivity index (χ0n) is 13.3. The van der Waals surface area contributed by atoms with Crippen molar-refractivity contribution in [3.8, 4) is 0 Å². The second kappa shape index (κ2) is 5.52. The highest BCUT2D eigenvalue weighted by atomic mass is 32.1. The van der Waals surface area contributed by atoms with E-state index in [1.54, 1.807) is 0 Å². The summed E-state index contributed by atoms with van der Waals surface area (Å²) in [7, 11) is 0. The summed E-state index contributed by atoms with van der Waals surface area (Å²) in [5.74, 6) is 2.98. The van der Waals surface area contributed by atoms with Crippen molar-refractivity contribution in [1.82, 2.24) is 5.32 Å². The van der Waals surface area contributed by atoms with Gasteiger partial charge in [-0.15, -0.1) is 0 Å². The van der Waals surface area contributed by atoms with Crippen molar-refractivity contribution in [3.63, 3.8) is 0 Å². The predicted molar refractivity (Wildman–Crippen MR) is 95.9 cm³/mol. The first kappa shape index (κ1) is 14.5. The lowest BCUT2D eigenvalue weighted by Crippen LogP contribution is -2.56. The minimum Gasteiger partial charge on any atom is -0.359 e. The second-order valence-corrected chi connectivity index (χ2v) is 8.37. The first-order valence-electron chi connectivity index (χ1n) is 8.75. The predicted octanol–water partition coefficient (Wildman–Crippen LogP) is 4.58. The molecule has 1 aromatic carbocycles. The zero-order chi connectivity index (χ0) is 15.2. The van der Waals surface area contributed by atoms with E-state index >= 15 is 0 Å². The van der Waals surface area contributed by atoms with Crippen LogP contribution in [0.1, 0.15) is 45.4 Å². The Kier molecular flexibility index (Phi) is 3.64. The Labute approximate surface area is 139 Å². The molecule has 1 atom stereocenters. The highest BCUT2D eigenvalue weighted by Crippen LogP contribution is 2.61. The highest BCUT2D eigenvalue weighted by Gasteiger charge is 2.53. The van der Waals surface area contributed by atoms with Crippen LogP contribution in [0.2, 0.25) is 0 Å². The van der Waals surface area contributed by atoms with Crippen molar-refractivity contribution in [1.29, 1.82) is 0 Å². The maximum atomic E-state index is 5.55. The standard InChI is InChI=1S/C19H26N2S/c1-13(20-18(22)21-17-5-3-2-4-6-17)19-10-14-7-15(11-19)9-16(8-14)12-19/h2-6,13-16H,7-12H2,1H3,(H2,20,21,22). The van der Waals surface area contributed by atoms with E-state index < -0.39 is 0 Å². The Morgan fingerprint density at radius 3 is 2.14 bits per heavy atom. The quantitative estimate of drug-likeness (QED) is 0.799. The monoisotopic (exact) mass is 314 g/mol. The summed E-state index contributed by atoms with van der Waals surface area (Å²) in [6, 6.07) is 10.7. The smallest absolute Gasteiger partial charge is 0.171 e. The lowest BCUT2D eigenvalue weighted by atomic mass is 9.48. The number of rotatable bonds is 3. The third-order valence-electron chi connectivity index (χ3n) is 6.38. The van der Waals surface area contributed by atoms with Crippen molar-refractivity contribution in [2.75, 3.05) is 5.32 Å². The molecular formula is C19H26N2S. The van der Waals surface area contributed by atoms with Crippen molar-refractivity contribution < 1.29 is 0 Å². The van der Waals surface area contributed by atoms with Crippen LogP contribution in [0.4, 0.5) is 5.69 Å². The number of benzene rings is 1. The molecule has 118 valence electrons. The van der Waals surface area contributed by atoms with Crippen molar-refractivity contribution >= 4 is 23.0 Å². The van der Waals surface area contributed by atoms with Crippen molar-refractivity contribution in [2.45, 2.75) is 51.5 Å². The lowest BCUT2D eigenvalue weighted by Gasteiger charge is -2.59. The molecule has 4 saturated carbocycles. The largest absolute Gasteiger partial charge is 0.359 e.